The molecule has 0 radical (unpaired) electrons. The number of hydrogen-bond donors (Lipinski definition) is 1. The number of aliphatic hydroxyl groups is 1. The van der Waals surface area contributed by atoms with E-state index in [4.69, 9.17) is 4.74 Å². The minimum absolute atomic E-state index is 0.258. The standard InChI is InChI=1S/C25H34N4O3/c1-4-6-21-22(5-2)25(32-24(21)31)9-13-29(14-10-25)23(30)20-7-11-28(12-8-20)17-19-15-26-18(3)27-16-19/h4-6,15-16,20,23,30H,2,7-14,17H2,1,3H3. The first-order valence-corrected chi connectivity index (χ1v) is 11.6. The molecule has 0 aliphatic carbocycles. The Morgan fingerprint density at radius 3 is 2.50 bits per heavy atom. The Hall–Kier alpha value is -2.35. The Balaban J connectivity index is 1.31. The van der Waals surface area contributed by atoms with Crippen molar-refractivity contribution in [3.63, 3.8) is 0 Å². The van der Waals surface area contributed by atoms with E-state index in [1.165, 1.54) is 0 Å². The number of esters is 1. The van der Waals surface area contributed by atoms with Gasteiger partial charge in [-0.3, -0.25) is 9.80 Å². The quantitative estimate of drug-likeness (QED) is 0.684. The van der Waals surface area contributed by atoms with Crippen molar-refractivity contribution in [2.75, 3.05) is 26.2 Å². The molecule has 3 aliphatic rings. The van der Waals surface area contributed by atoms with Crippen LogP contribution in [0.4, 0.5) is 0 Å². The molecule has 7 nitrogen and oxygen atoms in total. The zero-order valence-electron chi connectivity index (χ0n) is 19.2. The zero-order valence-corrected chi connectivity index (χ0v) is 19.2. The van der Waals surface area contributed by atoms with Crippen LogP contribution in [0.25, 0.3) is 0 Å². The van der Waals surface area contributed by atoms with Crippen LogP contribution < -0.4 is 0 Å². The number of aliphatic hydroxyl groups excluding tert-OH is 1. The number of piperidine rings is 2. The summed E-state index contributed by atoms with van der Waals surface area (Å²) in [6, 6.07) is 0. The fourth-order valence-corrected chi connectivity index (χ4v) is 5.25. The average molecular weight is 439 g/mol. The molecule has 1 aromatic heterocycles. The summed E-state index contributed by atoms with van der Waals surface area (Å²) in [6.07, 6.45) is 12.1. The van der Waals surface area contributed by atoms with Gasteiger partial charge in [-0.2, -0.15) is 0 Å². The molecule has 1 atom stereocenters. The van der Waals surface area contributed by atoms with E-state index in [-0.39, 0.29) is 11.9 Å². The molecule has 2 fully saturated rings. The van der Waals surface area contributed by atoms with Gasteiger partial charge in [0.05, 0.1) is 5.57 Å². The van der Waals surface area contributed by atoms with E-state index in [2.05, 4.69) is 26.3 Å². The molecule has 0 bridgehead atoms. The first-order valence-electron chi connectivity index (χ1n) is 11.6. The van der Waals surface area contributed by atoms with Crippen molar-refractivity contribution in [3.05, 3.63) is 59.7 Å². The maximum atomic E-state index is 12.4. The lowest BCUT2D eigenvalue weighted by molar-refractivity contribution is -0.153. The fourth-order valence-electron chi connectivity index (χ4n) is 5.25. The highest BCUT2D eigenvalue weighted by atomic mass is 16.6. The average Bonchev–Trinajstić information content (AvgIpc) is 3.06. The van der Waals surface area contributed by atoms with Gasteiger partial charge in [-0.25, -0.2) is 14.8 Å². The highest BCUT2D eigenvalue weighted by Gasteiger charge is 2.48. The number of aromatic nitrogens is 2. The van der Waals surface area contributed by atoms with Gasteiger partial charge in [0.1, 0.15) is 17.7 Å². The van der Waals surface area contributed by atoms with Crippen LogP contribution >= 0.6 is 0 Å². The van der Waals surface area contributed by atoms with E-state index in [9.17, 15) is 9.90 Å². The van der Waals surface area contributed by atoms with Crippen LogP contribution in [0.15, 0.2) is 48.3 Å². The number of carbonyl (C=O) groups is 1. The van der Waals surface area contributed by atoms with Gasteiger partial charge in [-0.1, -0.05) is 24.8 Å². The lowest BCUT2D eigenvalue weighted by Crippen LogP contribution is -2.52. The minimum atomic E-state index is -0.594. The van der Waals surface area contributed by atoms with Crippen molar-refractivity contribution in [3.8, 4) is 0 Å². The van der Waals surface area contributed by atoms with Crippen molar-refractivity contribution in [2.24, 2.45) is 5.92 Å². The van der Waals surface area contributed by atoms with Crippen LogP contribution in [0.2, 0.25) is 0 Å². The van der Waals surface area contributed by atoms with Crippen LogP contribution in [0.1, 0.15) is 44.0 Å². The highest BCUT2D eigenvalue weighted by Crippen LogP contribution is 2.42. The van der Waals surface area contributed by atoms with E-state index in [0.717, 1.165) is 49.4 Å². The van der Waals surface area contributed by atoms with Gasteiger partial charge in [0, 0.05) is 61.9 Å². The van der Waals surface area contributed by atoms with Crippen molar-refractivity contribution < 1.29 is 14.6 Å². The van der Waals surface area contributed by atoms with Crippen molar-refractivity contribution in [1.29, 1.82) is 0 Å². The normalized spacial score (nSPS) is 23.8. The lowest BCUT2D eigenvalue weighted by Gasteiger charge is -2.44. The van der Waals surface area contributed by atoms with Gasteiger partial charge in [0.15, 0.2) is 0 Å². The second kappa shape index (κ2) is 9.65. The number of likely N-dealkylation sites (tertiary alicyclic amines) is 2. The molecule has 1 spiro atoms. The SMILES string of the molecule is C=CC1=C(C=CC)C(=O)OC12CCN(C(O)C1CCN(Cc3cnc(C)nc3)CC1)CC2. The molecule has 1 N–H and O–H groups in total. The maximum absolute atomic E-state index is 12.4. The monoisotopic (exact) mass is 438 g/mol. The van der Waals surface area contributed by atoms with Gasteiger partial charge in [-0.15, -0.1) is 0 Å². The summed E-state index contributed by atoms with van der Waals surface area (Å²) >= 11 is 0. The molecule has 7 heteroatoms. The molecule has 0 saturated carbocycles. The second-order valence-electron chi connectivity index (χ2n) is 9.12. The van der Waals surface area contributed by atoms with E-state index in [1.54, 1.807) is 6.08 Å². The zero-order chi connectivity index (χ0) is 22.7. The summed E-state index contributed by atoms with van der Waals surface area (Å²) in [5.74, 6) is 0.784. The van der Waals surface area contributed by atoms with Crippen molar-refractivity contribution >= 4 is 5.97 Å². The molecule has 3 aliphatic heterocycles. The molecule has 0 amide bonds. The molecule has 172 valence electrons. The van der Waals surface area contributed by atoms with Crippen molar-refractivity contribution in [1.82, 2.24) is 19.8 Å². The Kier molecular flexibility index (Phi) is 6.88. The number of ether oxygens (including phenoxy) is 1. The largest absolute Gasteiger partial charge is 0.450 e. The molecular weight excluding hydrogens is 404 g/mol. The van der Waals surface area contributed by atoms with E-state index < -0.39 is 11.8 Å². The van der Waals surface area contributed by atoms with Gasteiger partial charge < -0.3 is 9.84 Å². The van der Waals surface area contributed by atoms with Gasteiger partial charge in [-0.05, 0) is 39.8 Å². The molecule has 1 aromatic rings. The number of carbonyl (C=O) groups excluding carboxylic acids is 1. The topological polar surface area (TPSA) is 78.8 Å². The van der Waals surface area contributed by atoms with E-state index in [0.29, 0.717) is 31.5 Å². The van der Waals surface area contributed by atoms with Crippen molar-refractivity contribution in [2.45, 2.75) is 57.9 Å². The van der Waals surface area contributed by atoms with Crippen LogP contribution in [0.3, 0.4) is 0 Å². The Labute approximate surface area is 190 Å². The fraction of sp³-hybridized carbons (Fsp3) is 0.560. The first-order chi connectivity index (χ1) is 15.5. The van der Waals surface area contributed by atoms with E-state index >= 15 is 0 Å². The third-order valence-corrected chi connectivity index (χ3v) is 7.10. The summed E-state index contributed by atoms with van der Waals surface area (Å²) in [5, 5.41) is 11.1. The number of rotatable bonds is 6. The molecule has 0 aromatic carbocycles. The Bertz CT molecular complexity index is 892. The molecular formula is C25H34N4O3. The first kappa shape index (κ1) is 22.8. The highest BCUT2D eigenvalue weighted by molar-refractivity contribution is 5.96. The molecule has 32 heavy (non-hydrogen) atoms. The summed E-state index contributed by atoms with van der Waals surface area (Å²) in [6.45, 7) is 11.9. The van der Waals surface area contributed by atoms with Gasteiger partial charge >= 0.3 is 5.97 Å². The van der Waals surface area contributed by atoms with Crippen LogP contribution in [-0.2, 0) is 16.1 Å². The summed E-state index contributed by atoms with van der Waals surface area (Å²) in [5.41, 5.74) is 2.04. The molecule has 4 heterocycles. The lowest BCUT2D eigenvalue weighted by atomic mass is 9.82. The minimum Gasteiger partial charge on any atom is -0.450 e. The Morgan fingerprint density at radius 2 is 1.91 bits per heavy atom. The maximum Gasteiger partial charge on any atom is 0.339 e. The second-order valence-corrected chi connectivity index (χ2v) is 9.12. The summed E-state index contributed by atoms with van der Waals surface area (Å²) in [7, 11) is 0. The third-order valence-electron chi connectivity index (χ3n) is 7.10. The predicted octanol–water partition coefficient (Wildman–Crippen LogP) is 2.77. The molecule has 4 rings (SSSR count). The summed E-state index contributed by atoms with van der Waals surface area (Å²) < 4.78 is 5.85. The summed E-state index contributed by atoms with van der Waals surface area (Å²) in [4.78, 5) is 25.5. The number of hydrogen-bond acceptors (Lipinski definition) is 7. The predicted molar refractivity (Wildman–Crippen MR) is 122 cm³/mol. The van der Waals surface area contributed by atoms with Crippen LogP contribution in [-0.4, -0.2) is 68.9 Å². The smallest absolute Gasteiger partial charge is 0.339 e. The third kappa shape index (κ3) is 4.56. The Morgan fingerprint density at radius 1 is 1.25 bits per heavy atom. The van der Waals surface area contributed by atoms with Crippen LogP contribution in [0, 0.1) is 12.8 Å². The van der Waals surface area contributed by atoms with Crippen LogP contribution in [0.5, 0.6) is 0 Å². The molecule has 2 saturated heterocycles. The number of aryl methyl sites for hydroxylation is 1. The number of allylic oxidation sites excluding steroid dienone is 1. The number of nitrogens with zero attached hydrogens (tertiary/aromatic N) is 4. The van der Waals surface area contributed by atoms with Gasteiger partial charge in [0.25, 0.3) is 0 Å². The molecule has 1 unspecified atom stereocenters. The van der Waals surface area contributed by atoms with E-state index in [1.807, 2.05) is 38.4 Å². The van der Waals surface area contributed by atoms with Gasteiger partial charge in [0.2, 0.25) is 0 Å².